The molecule has 9 nitrogen and oxygen atoms in total. The topological polar surface area (TPSA) is 114 Å². The van der Waals surface area contributed by atoms with Crippen molar-refractivity contribution < 1.29 is 33.1 Å². The highest BCUT2D eigenvalue weighted by Crippen LogP contribution is 2.39. The number of esters is 1. The molecule has 2 atom stereocenters. The molecule has 0 N–H and O–H groups in total. The van der Waals surface area contributed by atoms with Gasteiger partial charge in [0.25, 0.3) is 17.7 Å². The Morgan fingerprint density at radius 1 is 0.895 bits per heavy atom. The van der Waals surface area contributed by atoms with Gasteiger partial charge in [0.15, 0.2) is 5.78 Å². The third-order valence-corrected chi connectivity index (χ3v) is 7.04. The van der Waals surface area contributed by atoms with Crippen LogP contribution in [0.3, 0.4) is 0 Å². The molecule has 2 aromatic carbocycles. The molecular weight excluding hydrogens is 512 g/mol. The molecule has 2 aliphatic rings. The van der Waals surface area contributed by atoms with Crippen molar-refractivity contribution in [2.45, 2.75) is 25.7 Å². The maximum absolute atomic E-state index is 13.5. The maximum atomic E-state index is 13.5. The normalized spacial score (nSPS) is 18.7. The first kappa shape index (κ1) is 25.4. The molecule has 1 saturated carbocycles. The average Bonchev–Trinajstić information content (AvgIpc) is 3.56. The molecule has 3 amide bonds. The van der Waals surface area contributed by atoms with Crippen molar-refractivity contribution in [1.29, 1.82) is 0 Å². The molecule has 1 aliphatic heterocycles. The second-order valence-corrected chi connectivity index (χ2v) is 9.61. The van der Waals surface area contributed by atoms with Gasteiger partial charge in [-0.05, 0) is 73.5 Å². The minimum atomic E-state index is -0.693. The van der Waals surface area contributed by atoms with E-state index in [4.69, 9.17) is 20.8 Å². The Kier molecular flexibility index (Phi) is 7.11. The Morgan fingerprint density at radius 3 is 2.08 bits per heavy atom. The van der Waals surface area contributed by atoms with Crippen LogP contribution >= 0.6 is 11.6 Å². The highest BCUT2D eigenvalue weighted by Gasteiger charge is 2.51. The number of fused-ring (bicyclic) bond motifs is 1. The summed E-state index contributed by atoms with van der Waals surface area (Å²) in [6.07, 6.45) is 4.14. The van der Waals surface area contributed by atoms with E-state index in [2.05, 4.69) is 0 Å². The number of ketones is 1. The molecule has 0 radical (unpaired) electrons. The summed E-state index contributed by atoms with van der Waals surface area (Å²) in [7, 11) is 0. The number of amides is 3. The first-order valence-corrected chi connectivity index (χ1v) is 12.6. The lowest BCUT2D eigenvalue weighted by atomic mass is 9.81. The lowest BCUT2D eigenvalue weighted by Crippen LogP contribution is -2.52. The third-order valence-electron chi connectivity index (χ3n) is 6.79. The van der Waals surface area contributed by atoms with Crippen LogP contribution in [0.4, 0.5) is 0 Å². The summed E-state index contributed by atoms with van der Waals surface area (Å²) in [5, 5.41) is 2.20. The lowest BCUT2D eigenvalue weighted by molar-refractivity contribution is -0.154. The van der Waals surface area contributed by atoms with E-state index in [0.29, 0.717) is 17.9 Å². The van der Waals surface area contributed by atoms with Gasteiger partial charge in [-0.2, -0.15) is 5.01 Å². The monoisotopic (exact) mass is 534 g/mol. The Labute approximate surface area is 222 Å². The van der Waals surface area contributed by atoms with Crippen LogP contribution in [-0.4, -0.2) is 46.0 Å². The molecule has 0 spiro atoms. The number of carbonyl (C=O) groups is 5. The largest absolute Gasteiger partial charge is 0.457 e. The van der Waals surface area contributed by atoms with E-state index in [9.17, 15) is 24.0 Å². The second kappa shape index (κ2) is 10.6. The van der Waals surface area contributed by atoms with Crippen LogP contribution in [0.15, 0.2) is 71.3 Å². The van der Waals surface area contributed by atoms with Crippen molar-refractivity contribution in [2.75, 3.05) is 6.54 Å². The zero-order valence-electron chi connectivity index (χ0n) is 20.2. The Bertz CT molecular complexity index is 1360. The van der Waals surface area contributed by atoms with Crippen LogP contribution in [0.1, 0.15) is 57.0 Å². The summed E-state index contributed by atoms with van der Waals surface area (Å²) >= 11 is 5.96. The quantitative estimate of drug-likeness (QED) is 0.189. The van der Waals surface area contributed by atoms with E-state index in [0.717, 1.165) is 22.9 Å². The molecule has 1 aromatic heterocycles. The number of Topliss-reactive ketones (excluding diaryl/α,β-unsaturated/α-hetero) is 1. The predicted molar refractivity (Wildman–Crippen MR) is 134 cm³/mol. The molecule has 5 rings (SSSR count). The molecule has 194 valence electrons. The van der Waals surface area contributed by atoms with Crippen LogP contribution in [0.2, 0.25) is 5.02 Å². The Hall–Kier alpha value is -4.24. The molecule has 3 aromatic rings. The van der Waals surface area contributed by atoms with Crippen molar-refractivity contribution in [3.8, 4) is 5.75 Å². The van der Waals surface area contributed by atoms with Gasteiger partial charge in [0, 0.05) is 16.1 Å². The zero-order valence-corrected chi connectivity index (χ0v) is 20.9. The van der Waals surface area contributed by atoms with E-state index >= 15 is 0 Å². The number of hydrazine groups is 1. The van der Waals surface area contributed by atoms with Gasteiger partial charge in [-0.3, -0.25) is 19.2 Å². The number of imide groups is 1. The summed E-state index contributed by atoms with van der Waals surface area (Å²) < 4.78 is 10.2. The van der Waals surface area contributed by atoms with E-state index < -0.39 is 47.9 Å². The van der Waals surface area contributed by atoms with Gasteiger partial charge in [0.2, 0.25) is 5.76 Å². The first-order chi connectivity index (χ1) is 18.3. The smallest absolute Gasteiger partial charge is 0.379 e. The van der Waals surface area contributed by atoms with Gasteiger partial charge in [0.05, 0.1) is 18.1 Å². The van der Waals surface area contributed by atoms with E-state index in [-0.39, 0.29) is 22.6 Å². The first-order valence-electron chi connectivity index (χ1n) is 12.2. The molecule has 0 bridgehead atoms. The van der Waals surface area contributed by atoms with Gasteiger partial charge >= 0.3 is 5.97 Å². The van der Waals surface area contributed by atoms with Crippen molar-refractivity contribution in [3.05, 3.63) is 88.8 Å². The fourth-order valence-corrected chi connectivity index (χ4v) is 4.97. The third kappa shape index (κ3) is 4.97. The number of rotatable bonds is 7. The summed E-state index contributed by atoms with van der Waals surface area (Å²) in [6, 6.07) is 14.7. The van der Waals surface area contributed by atoms with Crippen LogP contribution in [0, 0.1) is 11.8 Å². The highest BCUT2D eigenvalue weighted by atomic mass is 35.5. The van der Waals surface area contributed by atoms with Crippen LogP contribution < -0.4 is 4.74 Å². The van der Waals surface area contributed by atoms with Gasteiger partial charge in [0.1, 0.15) is 12.3 Å². The standard InChI is InChI=1S/C28H23ClN2O7/c29-19-11-7-18(8-12-19)25(33)30(31-26(34)21-4-1-2-5-22(21)27(31)35)16-23(32)17-9-13-20(14-10-17)38-28(36)24-6-3-15-37-24/h3,6-15,21-22H,1-2,4-5,16H2/t21-,22+. The van der Waals surface area contributed by atoms with Gasteiger partial charge in [-0.1, -0.05) is 24.4 Å². The number of benzene rings is 2. The lowest BCUT2D eigenvalue weighted by Gasteiger charge is -2.30. The average molecular weight is 535 g/mol. The molecule has 38 heavy (non-hydrogen) atoms. The number of nitrogens with zero attached hydrogens (tertiary/aromatic N) is 2. The van der Waals surface area contributed by atoms with E-state index in [1.807, 2.05) is 0 Å². The Morgan fingerprint density at radius 2 is 1.50 bits per heavy atom. The van der Waals surface area contributed by atoms with Crippen molar-refractivity contribution in [1.82, 2.24) is 10.0 Å². The summed E-state index contributed by atoms with van der Waals surface area (Å²) in [4.78, 5) is 65.4. The molecule has 10 heteroatoms. The van der Waals surface area contributed by atoms with E-state index in [1.165, 1.54) is 60.9 Å². The zero-order chi connectivity index (χ0) is 26.8. The van der Waals surface area contributed by atoms with Crippen LogP contribution in [0.25, 0.3) is 0 Å². The van der Waals surface area contributed by atoms with Gasteiger partial charge in [-0.25, -0.2) is 9.80 Å². The number of hydrogen-bond acceptors (Lipinski definition) is 7. The SMILES string of the molecule is O=C(CN(C(=O)c1ccc(Cl)cc1)N1C(=O)[C@H]2CCCC[C@H]2C1=O)c1ccc(OC(=O)c2ccco2)cc1. The van der Waals surface area contributed by atoms with E-state index in [1.54, 1.807) is 6.07 Å². The van der Waals surface area contributed by atoms with Crippen LogP contribution in [0.5, 0.6) is 5.75 Å². The summed E-state index contributed by atoms with van der Waals surface area (Å²) in [6.45, 7) is -0.538. The molecule has 0 unspecified atom stereocenters. The number of carbonyl (C=O) groups excluding carboxylic acids is 5. The summed E-state index contributed by atoms with van der Waals surface area (Å²) in [5.41, 5.74) is 0.381. The van der Waals surface area contributed by atoms with Crippen molar-refractivity contribution in [3.63, 3.8) is 0 Å². The van der Waals surface area contributed by atoms with Crippen molar-refractivity contribution in [2.24, 2.45) is 11.8 Å². The van der Waals surface area contributed by atoms with Crippen LogP contribution in [-0.2, 0) is 9.59 Å². The molecule has 2 heterocycles. The molecule has 2 fully saturated rings. The number of halogens is 1. The van der Waals surface area contributed by atoms with Crippen molar-refractivity contribution >= 4 is 41.1 Å². The van der Waals surface area contributed by atoms with Gasteiger partial charge < -0.3 is 9.15 Å². The fourth-order valence-electron chi connectivity index (χ4n) is 4.85. The molecule has 1 aliphatic carbocycles. The summed E-state index contributed by atoms with van der Waals surface area (Å²) in [5.74, 6) is -3.56. The molecule has 1 saturated heterocycles. The highest BCUT2D eigenvalue weighted by molar-refractivity contribution is 6.30. The molecular formula is C28H23ClN2O7. The Balaban J connectivity index is 1.38. The predicted octanol–water partition coefficient (Wildman–Crippen LogP) is 4.57. The number of furan rings is 1. The fraction of sp³-hybridized carbons (Fsp3) is 0.250. The second-order valence-electron chi connectivity index (χ2n) is 9.17. The van der Waals surface area contributed by atoms with Gasteiger partial charge in [-0.15, -0.1) is 0 Å². The number of ether oxygens (including phenoxy) is 1. The minimum absolute atomic E-state index is 0.0296. The maximum Gasteiger partial charge on any atom is 0.379 e. The number of hydrogen-bond donors (Lipinski definition) is 0. The minimum Gasteiger partial charge on any atom is -0.457 e.